The zero-order valence-corrected chi connectivity index (χ0v) is 10.7. The van der Waals surface area contributed by atoms with Gasteiger partial charge in [-0.2, -0.15) is 0 Å². The van der Waals surface area contributed by atoms with Crippen molar-refractivity contribution in [2.45, 2.75) is 40.2 Å². The molecule has 0 aliphatic carbocycles. The third kappa shape index (κ3) is 3.96. The molecule has 1 aliphatic rings. The molecule has 1 fully saturated rings. The van der Waals surface area contributed by atoms with E-state index in [9.17, 15) is 0 Å². The van der Waals surface area contributed by atoms with Crippen molar-refractivity contribution in [3.8, 4) is 0 Å². The number of nitrogens with one attached hydrogen (secondary N) is 1. The van der Waals surface area contributed by atoms with Crippen LogP contribution in [-0.2, 0) is 0 Å². The van der Waals surface area contributed by atoms with Crippen molar-refractivity contribution in [3.63, 3.8) is 0 Å². The van der Waals surface area contributed by atoms with Crippen LogP contribution in [0.4, 0.5) is 0 Å². The molecule has 2 atom stereocenters. The van der Waals surface area contributed by atoms with E-state index >= 15 is 0 Å². The Morgan fingerprint density at radius 1 is 1.53 bits per heavy atom. The third-order valence-corrected chi connectivity index (χ3v) is 3.43. The standard InChI is InChI=1S/C13H26N2/c1-5-12(4)13-10-14-7-9-15(13)8-6-11(2)3/h6,12-14H,5,7-10H2,1-4H3. The molecule has 1 heterocycles. The van der Waals surface area contributed by atoms with Crippen LogP contribution >= 0.6 is 0 Å². The Bertz CT molecular complexity index is 207. The van der Waals surface area contributed by atoms with Gasteiger partial charge >= 0.3 is 0 Å². The molecule has 1 saturated heterocycles. The van der Waals surface area contributed by atoms with E-state index in [1.54, 1.807) is 0 Å². The van der Waals surface area contributed by atoms with Gasteiger partial charge in [-0.3, -0.25) is 4.90 Å². The van der Waals surface area contributed by atoms with Crippen LogP contribution in [0.3, 0.4) is 0 Å². The predicted molar refractivity (Wildman–Crippen MR) is 67.1 cm³/mol. The molecule has 15 heavy (non-hydrogen) atoms. The molecule has 0 amide bonds. The summed E-state index contributed by atoms with van der Waals surface area (Å²) in [5.74, 6) is 0.795. The Labute approximate surface area is 94.7 Å². The Morgan fingerprint density at radius 2 is 2.27 bits per heavy atom. The van der Waals surface area contributed by atoms with Gasteiger partial charge in [-0.1, -0.05) is 31.9 Å². The second-order valence-corrected chi connectivity index (χ2v) is 4.93. The lowest BCUT2D eigenvalue weighted by molar-refractivity contribution is 0.130. The first kappa shape index (κ1) is 12.7. The Morgan fingerprint density at radius 3 is 2.87 bits per heavy atom. The summed E-state index contributed by atoms with van der Waals surface area (Å²) in [6.07, 6.45) is 3.62. The molecule has 1 rings (SSSR count). The van der Waals surface area contributed by atoms with E-state index in [1.165, 1.54) is 18.5 Å². The molecule has 2 unspecified atom stereocenters. The third-order valence-electron chi connectivity index (χ3n) is 3.43. The molecule has 2 nitrogen and oxygen atoms in total. The van der Waals surface area contributed by atoms with E-state index in [2.05, 4.69) is 44.0 Å². The fourth-order valence-electron chi connectivity index (χ4n) is 2.13. The second kappa shape index (κ2) is 6.29. The zero-order chi connectivity index (χ0) is 11.3. The number of nitrogens with zero attached hydrogens (tertiary/aromatic N) is 1. The zero-order valence-electron chi connectivity index (χ0n) is 10.7. The SMILES string of the molecule is CCC(C)C1CNCCN1CC=C(C)C. The summed E-state index contributed by atoms with van der Waals surface area (Å²) >= 11 is 0. The molecule has 0 aromatic carbocycles. The monoisotopic (exact) mass is 210 g/mol. The lowest BCUT2D eigenvalue weighted by Gasteiger charge is -2.39. The highest BCUT2D eigenvalue weighted by Crippen LogP contribution is 2.16. The number of hydrogen-bond donors (Lipinski definition) is 1. The summed E-state index contributed by atoms with van der Waals surface area (Å²) in [7, 11) is 0. The maximum Gasteiger partial charge on any atom is 0.0249 e. The number of hydrogen-bond acceptors (Lipinski definition) is 2. The van der Waals surface area contributed by atoms with Gasteiger partial charge in [0.15, 0.2) is 0 Å². The largest absolute Gasteiger partial charge is 0.314 e. The Balaban J connectivity index is 2.53. The smallest absolute Gasteiger partial charge is 0.0249 e. The average Bonchev–Trinajstić information content (AvgIpc) is 2.25. The van der Waals surface area contributed by atoms with E-state index in [1.807, 2.05) is 0 Å². The number of piperazine rings is 1. The van der Waals surface area contributed by atoms with Crippen molar-refractivity contribution < 1.29 is 0 Å². The van der Waals surface area contributed by atoms with Crippen LogP contribution in [0, 0.1) is 5.92 Å². The molecule has 0 bridgehead atoms. The first-order valence-electron chi connectivity index (χ1n) is 6.23. The van der Waals surface area contributed by atoms with E-state index in [0.29, 0.717) is 0 Å². The van der Waals surface area contributed by atoms with Crippen molar-refractivity contribution in [2.24, 2.45) is 5.92 Å². The highest BCUT2D eigenvalue weighted by atomic mass is 15.2. The van der Waals surface area contributed by atoms with E-state index in [-0.39, 0.29) is 0 Å². The van der Waals surface area contributed by atoms with Gasteiger partial charge in [-0.15, -0.1) is 0 Å². The molecule has 0 saturated carbocycles. The lowest BCUT2D eigenvalue weighted by Crippen LogP contribution is -2.53. The average molecular weight is 210 g/mol. The van der Waals surface area contributed by atoms with Gasteiger partial charge in [0.25, 0.3) is 0 Å². The van der Waals surface area contributed by atoms with Crippen molar-refractivity contribution in [1.29, 1.82) is 0 Å². The molecule has 0 aromatic heterocycles. The minimum Gasteiger partial charge on any atom is -0.314 e. The lowest BCUT2D eigenvalue weighted by atomic mass is 9.96. The molecule has 1 N–H and O–H groups in total. The van der Waals surface area contributed by atoms with Crippen LogP contribution in [-0.4, -0.2) is 37.1 Å². The maximum atomic E-state index is 3.51. The predicted octanol–water partition coefficient (Wildman–Crippen LogP) is 2.27. The van der Waals surface area contributed by atoms with Crippen LogP contribution < -0.4 is 5.32 Å². The molecular formula is C13H26N2. The molecule has 2 heteroatoms. The van der Waals surface area contributed by atoms with Gasteiger partial charge in [0.1, 0.15) is 0 Å². The summed E-state index contributed by atoms with van der Waals surface area (Å²) in [6.45, 7) is 13.6. The van der Waals surface area contributed by atoms with Crippen molar-refractivity contribution in [2.75, 3.05) is 26.2 Å². The van der Waals surface area contributed by atoms with Crippen molar-refractivity contribution in [3.05, 3.63) is 11.6 Å². The fourth-order valence-corrected chi connectivity index (χ4v) is 2.13. The first-order valence-corrected chi connectivity index (χ1v) is 6.23. The normalized spacial score (nSPS) is 24.9. The minimum absolute atomic E-state index is 0.722. The highest BCUT2D eigenvalue weighted by Gasteiger charge is 2.25. The van der Waals surface area contributed by atoms with Gasteiger partial charge in [-0.25, -0.2) is 0 Å². The molecule has 0 spiro atoms. The summed E-state index contributed by atoms with van der Waals surface area (Å²) in [5, 5.41) is 3.51. The maximum absolute atomic E-state index is 3.51. The van der Waals surface area contributed by atoms with Gasteiger partial charge in [0, 0.05) is 32.2 Å². The Hall–Kier alpha value is -0.340. The number of allylic oxidation sites excluding steroid dienone is 1. The van der Waals surface area contributed by atoms with E-state index in [0.717, 1.165) is 31.6 Å². The van der Waals surface area contributed by atoms with E-state index < -0.39 is 0 Å². The van der Waals surface area contributed by atoms with Gasteiger partial charge in [0.05, 0.1) is 0 Å². The van der Waals surface area contributed by atoms with Crippen LogP contribution in [0.1, 0.15) is 34.1 Å². The second-order valence-electron chi connectivity index (χ2n) is 4.93. The van der Waals surface area contributed by atoms with Crippen molar-refractivity contribution >= 4 is 0 Å². The van der Waals surface area contributed by atoms with Gasteiger partial charge in [-0.05, 0) is 19.8 Å². The summed E-state index contributed by atoms with van der Waals surface area (Å²) in [6, 6.07) is 0.722. The van der Waals surface area contributed by atoms with Crippen LogP contribution in [0.2, 0.25) is 0 Å². The van der Waals surface area contributed by atoms with Gasteiger partial charge < -0.3 is 5.32 Å². The fraction of sp³-hybridized carbons (Fsp3) is 0.846. The topological polar surface area (TPSA) is 15.3 Å². The molecular weight excluding hydrogens is 184 g/mol. The van der Waals surface area contributed by atoms with E-state index in [4.69, 9.17) is 0 Å². The first-order chi connectivity index (χ1) is 7.15. The van der Waals surface area contributed by atoms with Crippen molar-refractivity contribution in [1.82, 2.24) is 10.2 Å². The van der Waals surface area contributed by atoms with Crippen LogP contribution in [0.15, 0.2) is 11.6 Å². The Kier molecular flexibility index (Phi) is 5.34. The molecule has 1 aliphatic heterocycles. The van der Waals surface area contributed by atoms with Crippen LogP contribution in [0.25, 0.3) is 0 Å². The van der Waals surface area contributed by atoms with Gasteiger partial charge in [0.2, 0.25) is 0 Å². The summed E-state index contributed by atoms with van der Waals surface area (Å²) in [4.78, 5) is 2.62. The summed E-state index contributed by atoms with van der Waals surface area (Å²) < 4.78 is 0. The number of rotatable bonds is 4. The quantitative estimate of drug-likeness (QED) is 0.716. The highest BCUT2D eigenvalue weighted by molar-refractivity contribution is 4.97. The summed E-state index contributed by atoms with van der Waals surface area (Å²) in [5.41, 5.74) is 1.43. The molecule has 0 radical (unpaired) electrons. The minimum atomic E-state index is 0.722. The molecule has 0 aromatic rings. The van der Waals surface area contributed by atoms with Crippen LogP contribution in [0.5, 0.6) is 0 Å². The molecule has 88 valence electrons.